The first-order valence-corrected chi connectivity index (χ1v) is 22.5. The fourth-order valence-electron chi connectivity index (χ4n) is 14.5. The van der Waals surface area contributed by atoms with E-state index >= 15 is 0 Å². The van der Waals surface area contributed by atoms with Gasteiger partial charge in [-0.15, -0.1) is 0 Å². The van der Waals surface area contributed by atoms with Gasteiger partial charge in [0.15, 0.2) is 9.84 Å². The lowest BCUT2D eigenvalue weighted by Gasteiger charge is -2.72. The van der Waals surface area contributed by atoms with Gasteiger partial charge in [-0.1, -0.05) is 65.8 Å². The van der Waals surface area contributed by atoms with Gasteiger partial charge in [-0.3, -0.25) is 14.1 Å². The molecule has 0 bridgehead atoms. The van der Waals surface area contributed by atoms with Crippen molar-refractivity contribution in [3.8, 4) is 0 Å². The van der Waals surface area contributed by atoms with Crippen molar-refractivity contribution < 1.29 is 17.6 Å². The zero-order valence-corrected chi connectivity index (χ0v) is 34.0. The fourth-order valence-corrected chi connectivity index (χ4v) is 15.8. The Balaban J connectivity index is 1.13. The maximum atomic E-state index is 14.5. The van der Waals surface area contributed by atoms with Crippen molar-refractivity contribution in [3.05, 3.63) is 35.5 Å². The first-order chi connectivity index (χ1) is 23.9. The van der Waals surface area contributed by atoms with E-state index in [4.69, 9.17) is 0 Å². The Hall–Kier alpha value is -1.47. The lowest BCUT2D eigenvalue weighted by atomic mass is 9.32. The monoisotopic (exact) mass is 725 g/mol. The number of allylic oxidation sites excluding steroid dienone is 5. The smallest absolute Gasteiger partial charge is 0.226 e. The molecule has 7 rings (SSSR count). The molecule has 0 aromatic carbocycles. The topological polar surface area (TPSA) is 66.5 Å². The molecule has 6 aliphatic carbocycles. The number of sulfone groups is 1. The summed E-state index contributed by atoms with van der Waals surface area (Å²) in [4.78, 5) is 16.7. The number of amides is 1. The van der Waals surface area contributed by atoms with Crippen LogP contribution in [0.5, 0.6) is 0 Å². The molecular formula is C44H69FN2O3S. The minimum Gasteiger partial charge on any atom is -0.354 e. The van der Waals surface area contributed by atoms with Crippen LogP contribution in [0.2, 0.25) is 0 Å². The highest BCUT2D eigenvalue weighted by Crippen LogP contribution is 2.77. The lowest BCUT2D eigenvalue weighted by Crippen LogP contribution is -2.66. The van der Waals surface area contributed by atoms with Gasteiger partial charge in [0.1, 0.15) is 0 Å². The molecule has 0 spiro atoms. The van der Waals surface area contributed by atoms with Crippen LogP contribution in [0.1, 0.15) is 126 Å². The molecule has 1 heterocycles. The highest BCUT2D eigenvalue weighted by Gasteiger charge is 2.71. The summed E-state index contributed by atoms with van der Waals surface area (Å²) < 4.78 is 37.7. The maximum Gasteiger partial charge on any atom is 0.226 e. The van der Waals surface area contributed by atoms with Gasteiger partial charge in [0.2, 0.25) is 5.91 Å². The molecule has 0 aromatic rings. The summed E-state index contributed by atoms with van der Waals surface area (Å²) >= 11 is 0. The Kier molecular flexibility index (Phi) is 9.50. The highest BCUT2D eigenvalue weighted by atomic mass is 32.2. The molecule has 286 valence electrons. The molecule has 10 atom stereocenters. The normalized spacial score (nSPS) is 46.0. The molecule has 1 saturated heterocycles. The van der Waals surface area contributed by atoms with Crippen LogP contribution < -0.4 is 5.32 Å². The van der Waals surface area contributed by atoms with Gasteiger partial charge in [-0.25, -0.2) is 8.42 Å². The molecule has 51 heavy (non-hydrogen) atoms. The maximum absolute atomic E-state index is 14.5. The van der Waals surface area contributed by atoms with E-state index in [9.17, 15) is 17.6 Å². The van der Waals surface area contributed by atoms with Crippen LogP contribution in [-0.4, -0.2) is 63.6 Å². The number of fused-ring (bicyclic) bond motifs is 7. The van der Waals surface area contributed by atoms with Crippen LogP contribution in [0.15, 0.2) is 35.5 Å². The van der Waals surface area contributed by atoms with Crippen LogP contribution >= 0.6 is 0 Å². The van der Waals surface area contributed by atoms with E-state index in [1.54, 1.807) is 5.57 Å². The molecule has 4 saturated carbocycles. The SMILES string of the molecule is C=C(C)[C@@H]1CC[C@]2(C(=O)NCCN3CCS(=O)(=O)CC3)CC[C@]3(C)[C@H](CC[C@@H]4[C@@]5(C)CC=C(C6=CC[C@](C)(CF)CC6)C(C)(C)[C@@H]5CC[C@]43C)[C@@H]12. The Morgan fingerprint density at radius 2 is 1.63 bits per heavy atom. The Morgan fingerprint density at radius 3 is 2.27 bits per heavy atom. The van der Waals surface area contributed by atoms with Crippen LogP contribution in [0, 0.1) is 62.1 Å². The largest absolute Gasteiger partial charge is 0.354 e. The van der Waals surface area contributed by atoms with E-state index in [1.807, 2.05) is 0 Å². The summed E-state index contributed by atoms with van der Waals surface area (Å²) in [6.07, 6.45) is 18.0. The van der Waals surface area contributed by atoms with E-state index in [1.165, 1.54) is 36.8 Å². The molecule has 7 heteroatoms. The minimum absolute atomic E-state index is 0.0974. The molecule has 1 amide bonds. The first-order valence-electron chi connectivity index (χ1n) is 20.7. The van der Waals surface area contributed by atoms with E-state index in [0.717, 1.165) is 51.4 Å². The number of nitrogens with one attached hydrogen (secondary N) is 1. The van der Waals surface area contributed by atoms with Crippen molar-refractivity contribution in [3.63, 3.8) is 0 Å². The van der Waals surface area contributed by atoms with Gasteiger partial charge in [-0.05, 0) is 152 Å². The number of halogens is 1. The second kappa shape index (κ2) is 12.8. The van der Waals surface area contributed by atoms with Crippen molar-refractivity contribution in [1.82, 2.24) is 10.2 Å². The van der Waals surface area contributed by atoms with E-state index in [2.05, 4.69) is 77.4 Å². The average Bonchev–Trinajstić information content (AvgIpc) is 3.48. The number of nitrogens with zero attached hydrogens (tertiary/aromatic N) is 1. The van der Waals surface area contributed by atoms with E-state index in [-0.39, 0.29) is 56.6 Å². The number of hydrogen-bond acceptors (Lipinski definition) is 4. The predicted octanol–water partition coefficient (Wildman–Crippen LogP) is 9.11. The zero-order valence-electron chi connectivity index (χ0n) is 33.1. The number of rotatable bonds is 7. The molecule has 7 aliphatic rings. The Labute approximate surface area is 310 Å². The molecule has 5 nitrogen and oxygen atoms in total. The number of alkyl halides is 1. The third-order valence-electron chi connectivity index (χ3n) is 17.8. The molecule has 5 fully saturated rings. The quantitative estimate of drug-likeness (QED) is 0.266. The summed E-state index contributed by atoms with van der Waals surface area (Å²) in [6, 6.07) is 0. The summed E-state index contributed by atoms with van der Waals surface area (Å²) in [7, 11) is -2.91. The minimum atomic E-state index is -2.91. The van der Waals surface area contributed by atoms with Crippen molar-refractivity contribution in [1.29, 1.82) is 0 Å². The molecule has 0 unspecified atom stereocenters. The fraction of sp³-hybridized carbons (Fsp3) is 0.841. The second-order valence-corrected chi connectivity index (χ2v) is 22.8. The predicted molar refractivity (Wildman–Crippen MR) is 207 cm³/mol. The Morgan fingerprint density at radius 1 is 0.902 bits per heavy atom. The first kappa shape index (κ1) is 37.8. The molecule has 1 N–H and O–H groups in total. The van der Waals surface area contributed by atoms with Crippen molar-refractivity contribution in [2.24, 2.45) is 62.1 Å². The third kappa shape index (κ3) is 5.81. The van der Waals surface area contributed by atoms with Gasteiger partial charge < -0.3 is 5.32 Å². The molecule has 0 radical (unpaired) electrons. The zero-order chi connectivity index (χ0) is 36.8. The van der Waals surface area contributed by atoms with Crippen molar-refractivity contribution >= 4 is 15.7 Å². The summed E-state index contributed by atoms with van der Waals surface area (Å²) in [6.45, 7) is 24.1. The number of hydrogen-bond donors (Lipinski definition) is 1. The van der Waals surface area contributed by atoms with E-state index < -0.39 is 9.84 Å². The molecular weight excluding hydrogens is 656 g/mol. The second-order valence-electron chi connectivity index (χ2n) is 20.5. The molecule has 0 aromatic heterocycles. The van der Waals surface area contributed by atoms with Crippen LogP contribution in [-0.2, 0) is 14.6 Å². The summed E-state index contributed by atoms with van der Waals surface area (Å²) in [5.74, 6) is 3.21. The lowest BCUT2D eigenvalue weighted by molar-refractivity contribution is -0.226. The van der Waals surface area contributed by atoms with Crippen LogP contribution in [0.3, 0.4) is 0 Å². The average molecular weight is 725 g/mol. The van der Waals surface area contributed by atoms with Gasteiger partial charge in [0.25, 0.3) is 0 Å². The highest BCUT2D eigenvalue weighted by molar-refractivity contribution is 7.91. The van der Waals surface area contributed by atoms with Crippen LogP contribution in [0.4, 0.5) is 4.39 Å². The number of carbonyl (C=O) groups is 1. The summed E-state index contributed by atoms with van der Waals surface area (Å²) in [5.41, 5.74) is 4.51. The summed E-state index contributed by atoms with van der Waals surface area (Å²) in [5, 5.41) is 3.42. The van der Waals surface area contributed by atoms with Gasteiger partial charge in [-0.2, -0.15) is 0 Å². The van der Waals surface area contributed by atoms with Gasteiger partial charge in [0.05, 0.1) is 23.6 Å². The third-order valence-corrected chi connectivity index (χ3v) is 19.4. The standard InChI is InChI=1S/C44H69FN2O3S/c1-30(2)32-13-20-44(38(48)46-23-24-47-25-27-51(49,50)28-26-47)22-21-42(7)34(37(32)44)9-10-36-41(6)18-14-33(31-11-16-40(5,29-45)17-12-31)39(3,4)35(41)15-19-43(36,42)8/h11,14,32,34-37H,1,9-10,12-13,15-29H2,2-8H3,(H,46,48)/t32-,34+,35-,36+,37+,40-,41-,42+,43+,44-/m0/s1. The Bertz CT molecular complexity index is 1590. The van der Waals surface area contributed by atoms with Crippen molar-refractivity contribution in [2.45, 2.75) is 126 Å². The van der Waals surface area contributed by atoms with Crippen LogP contribution in [0.25, 0.3) is 0 Å². The van der Waals surface area contributed by atoms with Gasteiger partial charge in [0, 0.05) is 26.2 Å². The molecule has 1 aliphatic heterocycles. The van der Waals surface area contributed by atoms with E-state index in [0.29, 0.717) is 55.8 Å². The number of carbonyl (C=O) groups excluding carboxylic acids is 1. The van der Waals surface area contributed by atoms with Gasteiger partial charge >= 0.3 is 0 Å². The van der Waals surface area contributed by atoms with Crippen molar-refractivity contribution in [2.75, 3.05) is 44.4 Å².